The van der Waals surface area contributed by atoms with Crippen molar-refractivity contribution < 1.29 is 22.7 Å². The third-order valence-electron chi connectivity index (χ3n) is 7.28. The highest BCUT2D eigenvalue weighted by Gasteiger charge is 2.34. The predicted octanol–water partition coefficient (Wildman–Crippen LogP) is 6.02. The fourth-order valence-electron chi connectivity index (χ4n) is 4.93. The fraction of sp³-hybridized carbons (Fsp3) is 0.257. The average Bonchev–Trinajstić information content (AvgIpc) is 3.04. The summed E-state index contributed by atoms with van der Waals surface area (Å²) in [5, 5.41) is 3.34. The molecule has 0 aliphatic rings. The Kier molecular flexibility index (Phi) is 11.6. The molecule has 0 aromatic heterocycles. The summed E-state index contributed by atoms with van der Waals surface area (Å²) < 4.78 is 34.7. The van der Waals surface area contributed by atoms with Crippen LogP contribution in [0.4, 0.5) is 5.69 Å². The number of methoxy groups -OCH3 is 1. The second-order valence-electron chi connectivity index (χ2n) is 10.7. The van der Waals surface area contributed by atoms with Crippen LogP contribution in [-0.2, 0) is 32.6 Å². The number of amides is 2. The lowest BCUT2D eigenvalue weighted by atomic mass is 10.0. The highest BCUT2D eigenvalue weighted by atomic mass is 35.5. The van der Waals surface area contributed by atoms with Gasteiger partial charge in [-0.05, 0) is 78.6 Å². The minimum absolute atomic E-state index is 0.0120. The van der Waals surface area contributed by atoms with Gasteiger partial charge in [0, 0.05) is 24.5 Å². The molecule has 10 heteroatoms. The van der Waals surface area contributed by atoms with Crippen molar-refractivity contribution in [3.8, 4) is 5.75 Å². The molecular weight excluding hydrogens is 610 g/mol. The number of halogens is 1. The van der Waals surface area contributed by atoms with Crippen LogP contribution in [0.5, 0.6) is 5.75 Å². The van der Waals surface area contributed by atoms with Gasteiger partial charge in [-0.1, -0.05) is 73.1 Å². The highest BCUT2D eigenvalue weighted by molar-refractivity contribution is 7.92. The molecule has 0 saturated carbocycles. The van der Waals surface area contributed by atoms with Crippen molar-refractivity contribution >= 4 is 39.1 Å². The molecule has 8 nitrogen and oxygen atoms in total. The lowest BCUT2D eigenvalue weighted by Gasteiger charge is -2.34. The molecule has 0 fully saturated rings. The van der Waals surface area contributed by atoms with E-state index in [2.05, 4.69) is 5.32 Å². The van der Waals surface area contributed by atoms with Crippen molar-refractivity contribution in [2.45, 2.75) is 44.2 Å². The van der Waals surface area contributed by atoms with Gasteiger partial charge in [0.15, 0.2) is 0 Å². The van der Waals surface area contributed by atoms with Gasteiger partial charge in [0.1, 0.15) is 18.3 Å². The normalized spacial score (nSPS) is 11.8. The summed E-state index contributed by atoms with van der Waals surface area (Å²) in [7, 11) is -2.66. The SMILES string of the molecule is CCCNC(=O)[C@H](Cc1ccccc1)N(Cc1cccc(OC)c1)C(=O)CN(c1cccc(C)c1)S(=O)(=O)c1ccc(Cl)cc1. The zero-order valence-electron chi connectivity index (χ0n) is 25.6. The summed E-state index contributed by atoms with van der Waals surface area (Å²) in [6.07, 6.45) is 0.953. The number of sulfonamides is 1. The van der Waals surface area contributed by atoms with Crippen molar-refractivity contribution in [3.63, 3.8) is 0 Å². The molecule has 1 atom stereocenters. The van der Waals surface area contributed by atoms with Gasteiger partial charge >= 0.3 is 0 Å². The number of aryl methyl sites for hydroxylation is 1. The zero-order chi connectivity index (χ0) is 32.4. The molecule has 0 radical (unpaired) electrons. The molecule has 0 bridgehead atoms. The number of ether oxygens (including phenoxy) is 1. The van der Waals surface area contributed by atoms with Gasteiger partial charge in [0.25, 0.3) is 10.0 Å². The first kappa shape index (κ1) is 33.6. The number of anilines is 1. The topological polar surface area (TPSA) is 96.0 Å². The molecule has 4 aromatic carbocycles. The Hall–Kier alpha value is -4.34. The first-order chi connectivity index (χ1) is 21.6. The van der Waals surface area contributed by atoms with Gasteiger partial charge < -0.3 is 15.0 Å². The number of nitrogens with zero attached hydrogens (tertiary/aromatic N) is 2. The molecule has 0 heterocycles. The smallest absolute Gasteiger partial charge is 0.264 e. The maximum atomic E-state index is 14.5. The first-order valence-electron chi connectivity index (χ1n) is 14.7. The second-order valence-corrected chi connectivity index (χ2v) is 13.0. The number of hydrogen-bond acceptors (Lipinski definition) is 5. The first-order valence-corrected chi connectivity index (χ1v) is 16.5. The number of rotatable bonds is 14. The maximum Gasteiger partial charge on any atom is 0.264 e. The molecule has 0 aliphatic heterocycles. The van der Waals surface area contributed by atoms with Gasteiger partial charge in [0.05, 0.1) is 17.7 Å². The summed E-state index contributed by atoms with van der Waals surface area (Å²) in [6, 6.07) is 28.5. The van der Waals surface area contributed by atoms with Crippen molar-refractivity contribution in [1.82, 2.24) is 10.2 Å². The van der Waals surface area contributed by atoms with E-state index in [9.17, 15) is 18.0 Å². The van der Waals surface area contributed by atoms with Crippen molar-refractivity contribution in [3.05, 3.63) is 125 Å². The van der Waals surface area contributed by atoms with E-state index in [0.29, 0.717) is 29.4 Å². The molecule has 0 aliphatic carbocycles. The van der Waals surface area contributed by atoms with Crippen LogP contribution in [0.1, 0.15) is 30.0 Å². The van der Waals surface area contributed by atoms with E-state index >= 15 is 0 Å². The van der Waals surface area contributed by atoms with Gasteiger partial charge in [-0.25, -0.2) is 8.42 Å². The van der Waals surface area contributed by atoms with Gasteiger partial charge in [-0.3, -0.25) is 13.9 Å². The van der Waals surface area contributed by atoms with Gasteiger partial charge in [0.2, 0.25) is 11.8 Å². The molecule has 2 amide bonds. The van der Waals surface area contributed by atoms with Crippen LogP contribution in [0, 0.1) is 6.92 Å². The number of carbonyl (C=O) groups excluding carboxylic acids is 2. The second kappa shape index (κ2) is 15.6. The van der Waals surface area contributed by atoms with Gasteiger partial charge in [-0.2, -0.15) is 0 Å². The van der Waals surface area contributed by atoms with E-state index in [1.54, 1.807) is 37.4 Å². The van der Waals surface area contributed by atoms with Gasteiger partial charge in [-0.15, -0.1) is 0 Å². The van der Waals surface area contributed by atoms with Crippen molar-refractivity contribution in [2.75, 3.05) is 24.5 Å². The standard InChI is InChI=1S/C35H38ClN3O5S/c1-4-20-37-35(41)33(23-27-11-6-5-7-12-27)38(24-28-13-9-15-31(22-28)44-3)34(40)25-39(30-14-8-10-26(2)21-30)45(42,43)32-18-16-29(36)17-19-32/h5-19,21-22,33H,4,20,23-25H2,1-3H3,(H,37,41)/t33-/m0/s1. The van der Waals surface area contributed by atoms with E-state index in [1.807, 2.05) is 62.4 Å². The number of hydrogen-bond donors (Lipinski definition) is 1. The van der Waals surface area contributed by atoms with Crippen LogP contribution < -0.4 is 14.4 Å². The molecule has 236 valence electrons. The molecule has 1 N–H and O–H groups in total. The van der Waals surface area contributed by atoms with Crippen LogP contribution in [0.15, 0.2) is 108 Å². The largest absolute Gasteiger partial charge is 0.497 e. The summed E-state index contributed by atoms with van der Waals surface area (Å²) in [5.41, 5.74) is 2.74. The number of carbonyl (C=O) groups is 2. The van der Waals surface area contributed by atoms with E-state index in [-0.39, 0.29) is 23.8 Å². The molecule has 4 aromatic rings. The van der Waals surface area contributed by atoms with E-state index in [4.69, 9.17) is 16.3 Å². The number of nitrogens with one attached hydrogen (secondary N) is 1. The lowest BCUT2D eigenvalue weighted by molar-refractivity contribution is -0.140. The van der Waals surface area contributed by atoms with Crippen LogP contribution >= 0.6 is 11.6 Å². The third kappa shape index (κ3) is 8.86. The minimum atomic E-state index is -4.21. The monoisotopic (exact) mass is 647 g/mol. The van der Waals surface area contributed by atoms with Crippen molar-refractivity contribution in [2.24, 2.45) is 0 Å². The Morgan fingerprint density at radius 2 is 1.58 bits per heavy atom. The molecule has 0 spiro atoms. The Balaban J connectivity index is 1.80. The fourth-order valence-corrected chi connectivity index (χ4v) is 6.47. The Morgan fingerprint density at radius 1 is 0.889 bits per heavy atom. The summed E-state index contributed by atoms with van der Waals surface area (Å²) in [6.45, 7) is 3.75. The molecular formula is C35H38ClN3O5S. The maximum absolute atomic E-state index is 14.5. The molecule has 0 saturated heterocycles. The quantitative estimate of drug-likeness (QED) is 0.181. The van der Waals surface area contributed by atoms with E-state index in [0.717, 1.165) is 21.0 Å². The number of benzene rings is 4. The highest BCUT2D eigenvalue weighted by Crippen LogP contribution is 2.27. The van der Waals surface area contributed by atoms with Crippen LogP contribution in [0.2, 0.25) is 5.02 Å². The Labute approximate surface area is 270 Å². The lowest BCUT2D eigenvalue weighted by Crippen LogP contribution is -2.53. The molecule has 45 heavy (non-hydrogen) atoms. The summed E-state index contributed by atoms with van der Waals surface area (Å²) >= 11 is 6.05. The zero-order valence-corrected chi connectivity index (χ0v) is 27.2. The summed E-state index contributed by atoms with van der Waals surface area (Å²) in [4.78, 5) is 29.7. The molecule has 0 unspecified atom stereocenters. The summed E-state index contributed by atoms with van der Waals surface area (Å²) in [5.74, 6) is -0.259. The Morgan fingerprint density at radius 3 is 2.24 bits per heavy atom. The average molecular weight is 648 g/mol. The van der Waals surface area contributed by atoms with Crippen LogP contribution in [0.25, 0.3) is 0 Å². The molecule has 4 rings (SSSR count). The van der Waals surface area contributed by atoms with E-state index < -0.39 is 28.5 Å². The third-order valence-corrected chi connectivity index (χ3v) is 9.32. The van der Waals surface area contributed by atoms with E-state index in [1.165, 1.54) is 29.2 Å². The van der Waals surface area contributed by atoms with Crippen LogP contribution in [-0.4, -0.2) is 51.4 Å². The predicted molar refractivity (Wildman–Crippen MR) is 178 cm³/mol. The Bertz CT molecular complexity index is 1700. The minimum Gasteiger partial charge on any atom is -0.497 e. The van der Waals surface area contributed by atoms with Crippen LogP contribution in [0.3, 0.4) is 0 Å². The van der Waals surface area contributed by atoms with Crippen molar-refractivity contribution in [1.29, 1.82) is 0 Å².